The van der Waals surface area contributed by atoms with Crippen molar-refractivity contribution >= 4 is 23.7 Å². The van der Waals surface area contributed by atoms with Crippen LogP contribution in [0.2, 0.25) is 0 Å². The summed E-state index contributed by atoms with van der Waals surface area (Å²) in [7, 11) is 0. The Kier molecular flexibility index (Phi) is 3.25. The van der Waals surface area contributed by atoms with Crippen molar-refractivity contribution in [2.75, 3.05) is 11.9 Å². The number of carbonyl (C=O) groups excluding carboxylic acids is 1. The molecule has 1 aliphatic rings. The van der Waals surface area contributed by atoms with Crippen LogP contribution in [0.5, 0.6) is 5.75 Å². The Hall–Kier alpha value is -2.55. The second-order valence-corrected chi connectivity index (χ2v) is 4.78. The minimum atomic E-state index is -0.113. The second kappa shape index (κ2) is 5.21. The van der Waals surface area contributed by atoms with E-state index in [1.54, 1.807) is 0 Å². The number of aryl methyl sites for hydroxylation is 1. The van der Waals surface area contributed by atoms with E-state index in [9.17, 15) is 4.79 Å². The predicted molar refractivity (Wildman–Crippen MR) is 80.7 cm³/mol. The molecule has 0 fully saturated rings. The normalized spacial score (nSPS) is 13.8. The summed E-state index contributed by atoms with van der Waals surface area (Å²) < 4.78 is 5.34. The first-order chi connectivity index (χ1) is 9.72. The molecule has 2 aromatic carbocycles. The van der Waals surface area contributed by atoms with E-state index in [1.165, 1.54) is 11.1 Å². The van der Waals surface area contributed by atoms with Crippen LogP contribution in [-0.4, -0.2) is 12.5 Å². The van der Waals surface area contributed by atoms with Gasteiger partial charge in [-0.2, -0.15) is 0 Å². The zero-order valence-corrected chi connectivity index (χ0v) is 11.2. The fourth-order valence-corrected chi connectivity index (χ4v) is 2.16. The minimum absolute atomic E-state index is 0.0887. The number of amides is 1. The summed E-state index contributed by atoms with van der Waals surface area (Å²) >= 11 is 0. The molecule has 2 aromatic rings. The first-order valence-corrected chi connectivity index (χ1v) is 6.53. The third kappa shape index (κ3) is 2.57. The minimum Gasteiger partial charge on any atom is -0.482 e. The first kappa shape index (κ1) is 12.5. The summed E-state index contributed by atoms with van der Waals surface area (Å²) in [6.07, 6.45) is 4.10. The van der Waals surface area contributed by atoms with E-state index < -0.39 is 0 Å². The average molecular weight is 265 g/mol. The molecule has 3 rings (SSSR count). The lowest BCUT2D eigenvalue weighted by Gasteiger charge is -2.17. The molecule has 1 heterocycles. The highest BCUT2D eigenvalue weighted by Crippen LogP contribution is 2.29. The van der Waals surface area contributed by atoms with E-state index in [-0.39, 0.29) is 12.5 Å². The molecule has 20 heavy (non-hydrogen) atoms. The van der Waals surface area contributed by atoms with Gasteiger partial charge in [-0.05, 0) is 35.7 Å². The number of rotatable bonds is 2. The van der Waals surface area contributed by atoms with Crippen LogP contribution < -0.4 is 10.1 Å². The molecule has 0 saturated carbocycles. The molecule has 0 spiro atoms. The average Bonchev–Trinajstić information content (AvgIpc) is 2.46. The van der Waals surface area contributed by atoms with E-state index in [0.717, 1.165) is 17.0 Å². The standard InChI is InChI=1S/C17H15NO2/c1-12-4-2-3-5-14(12)8-6-13-7-9-16-15(10-13)18-17(19)11-20-16/h2-10H,11H2,1H3,(H,18,19)/b8-6+. The van der Waals surface area contributed by atoms with Gasteiger partial charge in [0.15, 0.2) is 6.61 Å². The van der Waals surface area contributed by atoms with Crippen molar-refractivity contribution in [1.29, 1.82) is 0 Å². The summed E-state index contributed by atoms with van der Waals surface area (Å²) in [5.74, 6) is 0.607. The molecule has 3 nitrogen and oxygen atoms in total. The lowest BCUT2D eigenvalue weighted by Crippen LogP contribution is -2.25. The smallest absolute Gasteiger partial charge is 0.262 e. The van der Waals surface area contributed by atoms with Gasteiger partial charge in [0.2, 0.25) is 0 Å². The molecule has 0 bridgehead atoms. The van der Waals surface area contributed by atoms with Gasteiger partial charge in [-0.3, -0.25) is 4.79 Å². The highest BCUT2D eigenvalue weighted by Gasteiger charge is 2.15. The van der Waals surface area contributed by atoms with Gasteiger partial charge in [-0.25, -0.2) is 0 Å². The van der Waals surface area contributed by atoms with Gasteiger partial charge in [0, 0.05) is 0 Å². The van der Waals surface area contributed by atoms with Gasteiger partial charge in [-0.15, -0.1) is 0 Å². The van der Waals surface area contributed by atoms with Crippen LogP contribution in [0, 0.1) is 6.92 Å². The van der Waals surface area contributed by atoms with Crippen molar-refractivity contribution in [2.45, 2.75) is 6.92 Å². The highest BCUT2D eigenvalue weighted by atomic mass is 16.5. The Morgan fingerprint density at radius 2 is 2.00 bits per heavy atom. The molecule has 3 heteroatoms. The number of hydrogen-bond donors (Lipinski definition) is 1. The zero-order chi connectivity index (χ0) is 13.9. The molecule has 0 radical (unpaired) electrons. The molecule has 0 atom stereocenters. The molecule has 0 unspecified atom stereocenters. The summed E-state index contributed by atoms with van der Waals surface area (Å²) in [6, 6.07) is 14.0. The Morgan fingerprint density at radius 3 is 2.85 bits per heavy atom. The van der Waals surface area contributed by atoms with Gasteiger partial charge in [-0.1, -0.05) is 42.5 Å². The maximum atomic E-state index is 11.3. The fraction of sp³-hybridized carbons (Fsp3) is 0.118. The van der Waals surface area contributed by atoms with Gasteiger partial charge in [0.25, 0.3) is 5.91 Å². The molecule has 100 valence electrons. The molecule has 1 N–H and O–H groups in total. The number of ether oxygens (including phenoxy) is 1. The number of hydrogen-bond acceptors (Lipinski definition) is 2. The molecule has 1 amide bonds. The predicted octanol–water partition coefficient (Wildman–Crippen LogP) is 3.50. The number of fused-ring (bicyclic) bond motifs is 1. The molecule has 0 aromatic heterocycles. The molecule has 1 aliphatic heterocycles. The van der Waals surface area contributed by atoms with Gasteiger partial charge >= 0.3 is 0 Å². The van der Waals surface area contributed by atoms with E-state index >= 15 is 0 Å². The van der Waals surface area contributed by atoms with Gasteiger partial charge in [0.05, 0.1) is 5.69 Å². The van der Waals surface area contributed by atoms with Crippen molar-refractivity contribution in [3.63, 3.8) is 0 Å². The van der Waals surface area contributed by atoms with Gasteiger partial charge < -0.3 is 10.1 Å². The summed E-state index contributed by atoms with van der Waals surface area (Å²) in [5.41, 5.74) is 4.18. The topological polar surface area (TPSA) is 38.3 Å². The lowest BCUT2D eigenvalue weighted by molar-refractivity contribution is -0.118. The molecule has 0 aliphatic carbocycles. The monoisotopic (exact) mass is 265 g/mol. The summed E-state index contributed by atoms with van der Waals surface area (Å²) in [4.78, 5) is 11.3. The highest BCUT2D eigenvalue weighted by molar-refractivity contribution is 5.95. The quantitative estimate of drug-likeness (QED) is 0.844. The van der Waals surface area contributed by atoms with Crippen LogP contribution in [0.25, 0.3) is 12.2 Å². The lowest BCUT2D eigenvalue weighted by atomic mass is 10.1. The van der Waals surface area contributed by atoms with Crippen molar-refractivity contribution in [3.8, 4) is 5.75 Å². The van der Waals surface area contributed by atoms with Crippen molar-refractivity contribution in [2.24, 2.45) is 0 Å². The maximum Gasteiger partial charge on any atom is 0.262 e. The Labute approximate surface area is 117 Å². The fourth-order valence-electron chi connectivity index (χ4n) is 2.16. The molecule has 0 saturated heterocycles. The number of carbonyl (C=O) groups is 1. The second-order valence-electron chi connectivity index (χ2n) is 4.78. The third-order valence-corrected chi connectivity index (χ3v) is 3.28. The Bertz CT molecular complexity index is 689. The van der Waals surface area contributed by atoms with Gasteiger partial charge in [0.1, 0.15) is 5.75 Å². The molecular formula is C17H15NO2. The Balaban J connectivity index is 1.87. The van der Waals surface area contributed by atoms with Crippen LogP contribution in [-0.2, 0) is 4.79 Å². The van der Waals surface area contributed by atoms with E-state index in [1.807, 2.05) is 36.4 Å². The van der Waals surface area contributed by atoms with E-state index in [0.29, 0.717) is 0 Å². The SMILES string of the molecule is Cc1ccccc1/C=C/c1ccc2c(c1)NC(=O)CO2. The van der Waals surface area contributed by atoms with Crippen LogP contribution >= 0.6 is 0 Å². The van der Waals surface area contributed by atoms with E-state index in [2.05, 4.69) is 30.4 Å². The Morgan fingerprint density at radius 1 is 1.15 bits per heavy atom. The number of anilines is 1. The van der Waals surface area contributed by atoms with Crippen LogP contribution in [0.15, 0.2) is 42.5 Å². The van der Waals surface area contributed by atoms with E-state index in [4.69, 9.17) is 4.74 Å². The van der Waals surface area contributed by atoms with Crippen LogP contribution in [0.4, 0.5) is 5.69 Å². The first-order valence-electron chi connectivity index (χ1n) is 6.53. The number of benzene rings is 2. The largest absolute Gasteiger partial charge is 0.482 e. The maximum absolute atomic E-state index is 11.3. The zero-order valence-electron chi connectivity index (χ0n) is 11.2. The van der Waals surface area contributed by atoms with Crippen molar-refractivity contribution in [1.82, 2.24) is 0 Å². The number of nitrogens with one attached hydrogen (secondary N) is 1. The van der Waals surface area contributed by atoms with Crippen LogP contribution in [0.1, 0.15) is 16.7 Å². The molecular weight excluding hydrogens is 250 g/mol. The van der Waals surface area contributed by atoms with Crippen LogP contribution in [0.3, 0.4) is 0 Å². The van der Waals surface area contributed by atoms with Crippen molar-refractivity contribution in [3.05, 3.63) is 59.2 Å². The third-order valence-electron chi connectivity index (χ3n) is 3.28. The summed E-state index contributed by atoms with van der Waals surface area (Å²) in [6.45, 7) is 2.17. The summed E-state index contributed by atoms with van der Waals surface area (Å²) in [5, 5.41) is 2.81. The van der Waals surface area contributed by atoms with Crippen molar-refractivity contribution < 1.29 is 9.53 Å².